The van der Waals surface area contributed by atoms with Crippen LogP contribution in [0.5, 0.6) is 5.75 Å². The molecule has 8 nitrogen and oxygen atoms in total. The minimum Gasteiger partial charge on any atom is -0.496 e. The van der Waals surface area contributed by atoms with Gasteiger partial charge in [-0.2, -0.15) is 0 Å². The van der Waals surface area contributed by atoms with Crippen LogP contribution < -0.4 is 10.1 Å². The number of fused-ring (bicyclic) bond motifs is 2. The van der Waals surface area contributed by atoms with E-state index in [-0.39, 0.29) is 47.6 Å². The normalized spacial score (nSPS) is 25.9. The van der Waals surface area contributed by atoms with E-state index in [2.05, 4.69) is 26.2 Å². The maximum atomic E-state index is 13.8. The van der Waals surface area contributed by atoms with Gasteiger partial charge in [0.05, 0.1) is 18.7 Å². The lowest BCUT2D eigenvalue weighted by molar-refractivity contribution is -0.131. The quantitative estimate of drug-likeness (QED) is 0.488. The van der Waals surface area contributed by atoms with Crippen LogP contribution >= 0.6 is 15.9 Å². The van der Waals surface area contributed by atoms with Crippen molar-refractivity contribution in [3.8, 4) is 5.75 Å². The number of aromatic amines is 1. The summed E-state index contributed by atoms with van der Waals surface area (Å²) in [5, 5.41) is 3.78. The van der Waals surface area contributed by atoms with E-state index in [0.29, 0.717) is 30.8 Å². The van der Waals surface area contributed by atoms with Crippen molar-refractivity contribution in [2.24, 2.45) is 17.8 Å². The Morgan fingerprint density at radius 3 is 2.73 bits per heavy atom. The van der Waals surface area contributed by atoms with Crippen molar-refractivity contribution < 1.29 is 23.9 Å². The molecule has 2 amide bonds. The molecule has 3 aliphatic rings. The first-order valence-electron chi connectivity index (χ1n) is 13.3. The highest BCUT2D eigenvalue weighted by atomic mass is 79.9. The van der Waals surface area contributed by atoms with Crippen LogP contribution in [0.3, 0.4) is 0 Å². The van der Waals surface area contributed by atoms with Crippen molar-refractivity contribution in [2.75, 3.05) is 13.7 Å². The number of nitrogens with one attached hydrogen (secondary N) is 2. The van der Waals surface area contributed by atoms with Gasteiger partial charge in [-0.3, -0.25) is 19.2 Å². The molecule has 2 saturated carbocycles. The zero-order valence-corrected chi connectivity index (χ0v) is 22.9. The monoisotopic (exact) mass is 571 g/mol. The molecule has 0 unspecified atom stereocenters. The van der Waals surface area contributed by atoms with Crippen LogP contribution in [0.25, 0.3) is 10.9 Å². The second kappa shape index (κ2) is 10.6. The van der Waals surface area contributed by atoms with Crippen LogP contribution in [0.4, 0.5) is 0 Å². The molecule has 9 heteroatoms. The third-order valence-electron chi connectivity index (χ3n) is 8.58. The number of hydrogen-bond acceptors (Lipinski definition) is 5. The fraction of sp³-hybridized carbons (Fsp3) is 0.571. The first-order chi connectivity index (χ1) is 17.8. The van der Waals surface area contributed by atoms with Crippen molar-refractivity contribution >= 4 is 50.2 Å². The summed E-state index contributed by atoms with van der Waals surface area (Å²) in [6, 6.07) is 4.14. The Labute approximate surface area is 225 Å². The van der Waals surface area contributed by atoms with Crippen molar-refractivity contribution in [1.82, 2.24) is 15.2 Å². The fourth-order valence-electron chi connectivity index (χ4n) is 6.65. The summed E-state index contributed by atoms with van der Waals surface area (Å²) in [4.78, 5) is 57.5. The molecule has 37 heavy (non-hydrogen) atoms. The predicted octanol–water partition coefficient (Wildman–Crippen LogP) is 4.40. The summed E-state index contributed by atoms with van der Waals surface area (Å²) in [5.41, 5.74) is 1.16. The smallest absolute Gasteiger partial charge is 0.271 e. The van der Waals surface area contributed by atoms with E-state index in [1.54, 1.807) is 25.0 Å². The Morgan fingerprint density at radius 1 is 1.22 bits per heavy atom. The van der Waals surface area contributed by atoms with E-state index in [4.69, 9.17) is 4.74 Å². The van der Waals surface area contributed by atoms with Crippen LogP contribution in [0.15, 0.2) is 22.7 Å². The number of nitrogens with zero attached hydrogens (tertiary/aromatic N) is 1. The number of methoxy groups -OCH3 is 1. The summed E-state index contributed by atoms with van der Waals surface area (Å²) in [6.07, 6.45) is 5.69. The Balaban J connectivity index is 1.41. The number of halogens is 1. The van der Waals surface area contributed by atoms with E-state index in [0.717, 1.165) is 47.5 Å². The number of ketones is 2. The lowest BCUT2D eigenvalue weighted by Crippen LogP contribution is -2.53. The molecular formula is C28H34BrN3O5. The number of rotatable bonds is 8. The van der Waals surface area contributed by atoms with Crippen LogP contribution in [-0.4, -0.2) is 59.0 Å². The number of aromatic nitrogens is 1. The average Bonchev–Trinajstić information content (AvgIpc) is 3.67. The molecule has 2 aliphatic carbocycles. The number of ether oxygens (including phenoxy) is 1. The number of likely N-dealkylation sites (tertiary alicyclic amines) is 1. The van der Waals surface area contributed by atoms with Crippen LogP contribution in [0.1, 0.15) is 68.8 Å². The number of benzene rings is 1. The highest BCUT2D eigenvalue weighted by Gasteiger charge is 2.50. The summed E-state index contributed by atoms with van der Waals surface area (Å²) in [6.45, 7) is 2.29. The molecule has 1 saturated heterocycles. The Morgan fingerprint density at radius 2 is 2.03 bits per heavy atom. The molecule has 2 aromatic rings. The number of amides is 2. The molecule has 1 aromatic carbocycles. The van der Waals surface area contributed by atoms with E-state index < -0.39 is 12.1 Å². The third-order valence-corrected chi connectivity index (χ3v) is 9.24. The van der Waals surface area contributed by atoms with Gasteiger partial charge >= 0.3 is 0 Å². The largest absolute Gasteiger partial charge is 0.496 e. The van der Waals surface area contributed by atoms with Gasteiger partial charge in [0.2, 0.25) is 5.91 Å². The molecule has 5 atom stereocenters. The first-order valence-corrected chi connectivity index (χ1v) is 14.1. The van der Waals surface area contributed by atoms with Crippen LogP contribution in [-0.2, 0) is 14.4 Å². The zero-order valence-electron chi connectivity index (χ0n) is 21.3. The van der Waals surface area contributed by atoms with Crippen molar-refractivity contribution in [3.05, 3.63) is 28.4 Å². The summed E-state index contributed by atoms with van der Waals surface area (Å²) in [7, 11) is 1.59. The summed E-state index contributed by atoms with van der Waals surface area (Å²) < 4.78 is 6.29. The second-order valence-electron chi connectivity index (χ2n) is 10.7. The number of hydrogen-bond donors (Lipinski definition) is 2. The minimum atomic E-state index is -0.699. The molecule has 198 valence electrons. The zero-order chi connectivity index (χ0) is 26.3. The summed E-state index contributed by atoms with van der Waals surface area (Å²) >= 11 is 3.54. The highest BCUT2D eigenvalue weighted by Crippen LogP contribution is 2.43. The lowest BCUT2D eigenvalue weighted by Gasteiger charge is -2.29. The SMILES string of the molecule is CCC(=O)[C@H](C[C@@H]1CCCC1=O)NC(=O)[C@@H]1[C@H]2CCC[C@H]2CN1C(=O)c1cc2c(OC)ccc(Br)c2[nH]1. The van der Waals surface area contributed by atoms with Gasteiger partial charge < -0.3 is 19.9 Å². The molecule has 2 N–H and O–H groups in total. The van der Waals surface area contributed by atoms with Gasteiger partial charge in [-0.05, 0) is 78.1 Å². The molecule has 1 aliphatic heterocycles. The maximum Gasteiger partial charge on any atom is 0.271 e. The number of carbonyl (C=O) groups excluding carboxylic acids is 4. The van der Waals surface area contributed by atoms with Gasteiger partial charge in [-0.1, -0.05) is 13.3 Å². The Kier molecular flexibility index (Phi) is 7.43. The van der Waals surface area contributed by atoms with Crippen molar-refractivity contribution in [2.45, 2.75) is 70.4 Å². The highest BCUT2D eigenvalue weighted by molar-refractivity contribution is 9.10. The van der Waals surface area contributed by atoms with Crippen LogP contribution in [0, 0.1) is 17.8 Å². The molecule has 0 radical (unpaired) electrons. The Hall–Kier alpha value is -2.68. The first kappa shape index (κ1) is 25.9. The predicted molar refractivity (Wildman–Crippen MR) is 142 cm³/mol. The Bertz CT molecular complexity index is 1240. The lowest BCUT2D eigenvalue weighted by atomic mass is 9.91. The molecule has 0 spiro atoms. The average molecular weight is 573 g/mol. The van der Waals surface area contributed by atoms with E-state index >= 15 is 0 Å². The molecule has 2 heterocycles. The van der Waals surface area contributed by atoms with Gasteiger partial charge in [-0.25, -0.2) is 0 Å². The number of Topliss-reactive ketones (excluding diaryl/α,β-unsaturated/α-hetero) is 2. The fourth-order valence-corrected chi connectivity index (χ4v) is 7.10. The second-order valence-corrected chi connectivity index (χ2v) is 11.5. The van der Waals surface area contributed by atoms with E-state index in [9.17, 15) is 19.2 Å². The van der Waals surface area contributed by atoms with Gasteiger partial charge in [-0.15, -0.1) is 0 Å². The topological polar surface area (TPSA) is 109 Å². The third kappa shape index (κ3) is 4.82. The standard InChI is InChI=1S/C28H34BrN3O5/c1-3-22(33)20(12-15-6-5-9-23(15)34)31-27(35)26-17-8-4-7-16(17)14-32(26)28(36)21-13-18-24(37-2)11-10-19(29)25(18)30-21/h10-11,13,15-17,20,26,30H,3-9,12,14H2,1-2H3,(H,31,35)/t15-,16-,17-,20-,26-/m0/s1. The molecule has 1 aromatic heterocycles. The van der Waals surface area contributed by atoms with Gasteiger partial charge in [0.25, 0.3) is 5.91 Å². The van der Waals surface area contributed by atoms with Gasteiger partial charge in [0, 0.05) is 35.2 Å². The molecular weight excluding hydrogens is 538 g/mol. The molecule has 5 rings (SSSR count). The van der Waals surface area contributed by atoms with Crippen molar-refractivity contribution in [1.29, 1.82) is 0 Å². The van der Waals surface area contributed by atoms with E-state index in [1.165, 1.54) is 0 Å². The minimum absolute atomic E-state index is 0.0695. The summed E-state index contributed by atoms with van der Waals surface area (Å²) in [5.74, 6) is 0.405. The van der Waals surface area contributed by atoms with Crippen molar-refractivity contribution in [3.63, 3.8) is 0 Å². The van der Waals surface area contributed by atoms with Crippen LogP contribution in [0.2, 0.25) is 0 Å². The number of H-pyrrole nitrogens is 1. The molecule has 3 fully saturated rings. The number of carbonyl (C=O) groups is 4. The maximum absolute atomic E-state index is 13.8. The molecule has 0 bridgehead atoms. The van der Waals surface area contributed by atoms with Gasteiger partial charge in [0.1, 0.15) is 23.3 Å². The van der Waals surface area contributed by atoms with Gasteiger partial charge in [0.15, 0.2) is 5.78 Å². The van der Waals surface area contributed by atoms with E-state index in [1.807, 2.05) is 12.1 Å².